The first-order valence-corrected chi connectivity index (χ1v) is 12.8. The summed E-state index contributed by atoms with van der Waals surface area (Å²) < 4.78 is 130. The molecule has 14 heteroatoms. The third kappa shape index (κ3) is 6.72. The van der Waals surface area contributed by atoms with Crippen molar-refractivity contribution in [3.8, 4) is 5.75 Å². The van der Waals surface area contributed by atoms with Crippen LogP contribution < -0.4 is 4.18 Å². The fraction of sp³-hybridized carbons (Fsp3) is 0.400. The van der Waals surface area contributed by atoms with Crippen LogP contribution in [-0.4, -0.2) is 50.2 Å². The second-order valence-corrected chi connectivity index (χ2v) is 11.1. The smallest absolute Gasteiger partial charge is 0.466 e. The Bertz CT molecular complexity index is 1380. The number of carbonyl (C=O) groups excluding carboxylic acids is 1. The monoisotopic (exact) mass is 583 g/mol. The fourth-order valence-electron chi connectivity index (χ4n) is 4.34. The van der Waals surface area contributed by atoms with Crippen LogP contribution in [0.15, 0.2) is 30.3 Å². The Morgan fingerprint density at radius 3 is 2.15 bits per heavy atom. The molecule has 0 bridgehead atoms. The van der Waals surface area contributed by atoms with Crippen molar-refractivity contribution < 1.29 is 52.9 Å². The van der Waals surface area contributed by atoms with Gasteiger partial charge in [0, 0.05) is 24.2 Å². The van der Waals surface area contributed by atoms with Gasteiger partial charge >= 0.3 is 21.6 Å². The summed E-state index contributed by atoms with van der Waals surface area (Å²) in [5.74, 6) is -5.84. The van der Waals surface area contributed by atoms with E-state index in [1.54, 1.807) is 6.92 Å². The lowest BCUT2D eigenvalue weighted by molar-refractivity contribution is -0.134. The van der Waals surface area contributed by atoms with E-state index in [0.717, 1.165) is 37.5 Å². The summed E-state index contributed by atoms with van der Waals surface area (Å²) in [5.41, 5.74) is -8.47. The first-order chi connectivity index (χ1) is 17.8. The number of hydrogen-bond donors (Lipinski definition) is 0. The molecule has 0 N–H and O–H groups in total. The highest BCUT2D eigenvalue weighted by Gasteiger charge is 2.49. The van der Waals surface area contributed by atoms with Crippen molar-refractivity contribution in [3.05, 3.63) is 70.0 Å². The number of methoxy groups -OCH3 is 1. The van der Waals surface area contributed by atoms with Crippen LogP contribution in [0.4, 0.5) is 30.7 Å². The van der Waals surface area contributed by atoms with Crippen molar-refractivity contribution >= 4 is 22.2 Å². The van der Waals surface area contributed by atoms with Crippen LogP contribution in [0.5, 0.6) is 5.75 Å². The molecule has 0 amide bonds. The van der Waals surface area contributed by atoms with Gasteiger partial charge < -0.3 is 8.92 Å². The van der Waals surface area contributed by atoms with Crippen molar-refractivity contribution in [2.75, 3.05) is 13.7 Å². The molecule has 0 saturated carbocycles. The summed E-state index contributed by atoms with van der Waals surface area (Å²) in [6, 6.07) is 0.972. The van der Waals surface area contributed by atoms with E-state index in [-0.39, 0.29) is 29.7 Å². The standard InChI is InChI=1S/C25H24F7NO5S/c1-13-7-15-10-20(38-39(35,36)25(30,31)32)17(26)11-16(15)23(33(13)12-24(2,3)29)22-18(27)8-14(9-19(22)28)5-6-21(34)37-4/h5-6,8-11,13,23H,7,12H2,1-4H3/b6-5+/t13-,23+/m1/s1. The molecule has 6 nitrogen and oxygen atoms in total. The number of esters is 1. The van der Waals surface area contributed by atoms with Gasteiger partial charge in [0.15, 0.2) is 11.6 Å². The van der Waals surface area contributed by atoms with Crippen LogP contribution in [0.3, 0.4) is 0 Å². The van der Waals surface area contributed by atoms with Crippen molar-refractivity contribution in [1.29, 1.82) is 0 Å². The Morgan fingerprint density at radius 1 is 1.05 bits per heavy atom. The zero-order chi connectivity index (χ0) is 29.5. The molecule has 0 saturated heterocycles. The van der Waals surface area contributed by atoms with Gasteiger partial charge in [0.1, 0.15) is 17.3 Å². The number of alkyl halides is 4. The number of fused-ring (bicyclic) bond motifs is 1. The maximum atomic E-state index is 15.4. The molecule has 0 aromatic heterocycles. The Balaban J connectivity index is 2.20. The summed E-state index contributed by atoms with van der Waals surface area (Å²) in [7, 11) is -5.10. The van der Waals surface area contributed by atoms with Crippen molar-refractivity contribution in [2.45, 2.75) is 50.5 Å². The molecule has 39 heavy (non-hydrogen) atoms. The van der Waals surface area contributed by atoms with Crippen molar-refractivity contribution in [3.63, 3.8) is 0 Å². The van der Waals surface area contributed by atoms with Gasteiger partial charge in [0.2, 0.25) is 0 Å². The van der Waals surface area contributed by atoms with E-state index in [1.165, 1.54) is 18.7 Å². The third-order valence-electron chi connectivity index (χ3n) is 5.93. The zero-order valence-corrected chi connectivity index (χ0v) is 21.9. The molecular formula is C25H24F7NO5S. The molecule has 1 aliphatic rings. The summed E-state index contributed by atoms with van der Waals surface area (Å²) in [5, 5.41) is 0. The van der Waals surface area contributed by atoms with E-state index in [0.29, 0.717) is 6.07 Å². The molecule has 0 aliphatic carbocycles. The minimum absolute atomic E-state index is 0.0441. The number of hydrogen-bond acceptors (Lipinski definition) is 6. The average Bonchev–Trinajstić information content (AvgIpc) is 2.78. The number of ether oxygens (including phenoxy) is 1. The fourth-order valence-corrected chi connectivity index (χ4v) is 4.79. The number of nitrogens with zero attached hydrogens (tertiary/aromatic N) is 1. The first-order valence-electron chi connectivity index (χ1n) is 11.4. The number of carbonyl (C=O) groups is 1. The summed E-state index contributed by atoms with van der Waals surface area (Å²) in [4.78, 5) is 12.7. The van der Waals surface area contributed by atoms with Gasteiger partial charge in [-0.1, -0.05) is 0 Å². The topological polar surface area (TPSA) is 72.9 Å². The minimum atomic E-state index is -6.21. The maximum Gasteiger partial charge on any atom is 0.534 e. The highest BCUT2D eigenvalue weighted by atomic mass is 32.2. The van der Waals surface area contributed by atoms with Gasteiger partial charge in [-0.05, 0) is 74.2 Å². The third-order valence-corrected chi connectivity index (χ3v) is 6.90. The van der Waals surface area contributed by atoms with Crippen LogP contribution in [0, 0.1) is 17.5 Å². The maximum absolute atomic E-state index is 15.4. The lowest BCUT2D eigenvalue weighted by Crippen LogP contribution is -2.48. The van der Waals surface area contributed by atoms with Gasteiger partial charge in [-0.3, -0.25) is 4.90 Å². The number of rotatable bonds is 7. The van der Waals surface area contributed by atoms with Gasteiger partial charge in [-0.25, -0.2) is 22.4 Å². The number of benzene rings is 2. The Morgan fingerprint density at radius 2 is 1.64 bits per heavy atom. The highest BCUT2D eigenvalue weighted by molar-refractivity contribution is 7.88. The highest BCUT2D eigenvalue weighted by Crippen LogP contribution is 2.43. The predicted molar refractivity (Wildman–Crippen MR) is 126 cm³/mol. The SMILES string of the molecule is COC(=O)/C=C/c1cc(F)c([C@@H]2c3cc(F)c(OS(=O)(=O)C(F)(F)F)cc3C[C@@H](C)N2CC(C)(C)F)c(F)c1. The second-order valence-electron chi connectivity index (χ2n) is 9.57. The van der Waals surface area contributed by atoms with Gasteiger partial charge in [0.25, 0.3) is 0 Å². The van der Waals surface area contributed by atoms with Gasteiger partial charge in [0.05, 0.1) is 13.2 Å². The predicted octanol–water partition coefficient (Wildman–Crippen LogP) is 5.60. The zero-order valence-electron chi connectivity index (χ0n) is 21.1. The van der Waals surface area contributed by atoms with E-state index in [4.69, 9.17) is 0 Å². The molecule has 3 rings (SSSR count). The lowest BCUT2D eigenvalue weighted by atomic mass is 9.83. The van der Waals surface area contributed by atoms with E-state index in [9.17, 15) is 35.2 Å². The van der Waals surface area contributed by atoms with Crippen LogP contribution in [0.2, 0.25) is 0 Å². The molecule has 0 radical (unpaired) electrons. The Labute approximate surface area is 220 Å². The Hall–Kier alpha value is -3.13. The lowest BCUT2D eigenvalue weighted by Gasteiger charge is -2.44. The molecule has 2 atom stereocenters. The molecule has 2 aromatic carbocycles. The largest absolute Gasteiger partial charge is 0.534 e. The van der Waals surface area contributed by atoms with Crippen LogP contribution >= 0.6 is 0 Å². The van der Waals surface area contributed by atoms with Crippen molar-refractivity contribution in [2.24, 2.45) is 0 Å². The second kappa shape index (κ2) is 10.8. The van der Waals surface area contributed by atoms with E-state index in [2.05, 4.69) is 8.92 Å². The molecular weight excluding hydrogens is 559 g/mol. The van der Waals surface area contributed by atoms with Crippen LogP contribution in [-0.2, 0) is 26.1 Å². The van der Waals surface area contributed by atoms with Crippen LogP contribution in [0.1, 0.15) is 49.1 Å². The van der Waals surface area contributed by atoms with Crippen molar-refractivity contribution in [1.82, 2.24) is 4.90 Å². The first kappa shape index (κ1) is 30.4. The quantitative estimate of drug-likeness (QED) is 0.139. The molecule has 1 aliphatic heterocycles. The minimum Gasteiger partial charge on any atom is -0.466 e. The summed E-state index contributed by atoms with van der Waals surface area (Å²) in [6.07, 6.45) is 1.95. The van der Waals surface area contributed by atoms with Gasteiger partial charge in [-0.15, -0.1) is 0 Å². The summed E-state index contributed by atoms with van der Waals surface area (Å²) >= 11 is 0. The molecule has 2 aromatic rings. The Kier molecular flexibility index (Phi) is 8.42. The van der Waals surface area contributed by atoms with E-state index in [1.807, 2.05) is 0 Å². The number of halogens is 7. The average molecular weight is 584 g/mol. The molecule has 1 heterocycles. The van der Waals surface area contributed by atoms with Crippen LogP contribution in [0.25, 0.3) is 6.08 Å². The van der Waals surface area contributed by atoms with E-state index >= 15 is 8.78 Å². The van der Waals surface area contributed by atoms with Gasteiger partial charge in [-0.2, -0.15) is 21.6 Å². The van der Waals surface area contributed by atoms with E-state index < -0.39 is 68.1 Å². The molecule has 0 spiro atoms. The molecule has 214 valence electrons. The molecule has 0 unspecified atom stereocenters. The molecule has 0 fully saturated rings. The normalized spacial score (nSPS) is 18.7. The summed E-state index contributed by atoms with van der Waals surface area (Å²) in [6.45, 7) is 3.63.